The van der Waals surface area contributed by atoms with Gasteiger partial charge in [0, 0.05) is 24.9 Å². The third-order valence-electron chi connectivity index (χ3n) is 3.38. The number of nitrogens with zero attached hydrogens (tertiary/aromatic N) is 2. The Kier molecular flexibility index (Phi) is 5.30. The van der Waals surface area contributed by atoms with Crippen molar-refractivity contribution in [1.82, 2.24) is 0 Å². The molecule has 0 amide bonds. The van der Waals surface area contributed by atoms with Gasteiger partial charge in [-0.3, -0.25) is 15.1 Å². The fourth-order valence-electron chi connectivity index (χ4n) is 2.20. The largest absolute Gasteiger partial charge is 0.872 e. The Balaban J connectivity index is 2.07. The molecule has 23 heavy (non-hydrogen) atoms. The number of hydrogen-bond acceptors (Lipinski definition) is 5. The fraction of sp³-hybridized carbons (Fsp3) is 0.235. The highest BCUT2D eigenvalue weighted by atomic mass is 16.6. The van der Waals surface area contributed by atoms with Crippen molar-refractivity contribution in [2.75, 3.05) is 13.7 Å². The molecule has 0 saturated heterocycles. The second-order valence-electron chi connectivity index (χ2n) is 5.08. The summed E-state index contributed by atoms with van der Waals surface area (Å²) in [6, 6.07) is 9.52. The summed E-state index contributed by atoms with van der Waals surface area (Å²) in [4.78, 5) is 14.4. The van der Waals surface area contributed by atoms with Crippen LogP contribution in [0.3, 0.4) is 0 Å². The summed E-state index contributed by atoms with van der Waals surface area (Å²) in [5.74, 6) is 0.512. The average molecular weight is 313 g/mol. The Hall–Kier alpha value is -2.89. The predicted octanol–water partition coefficient (Wildman–Crippen LogP) is 2.65. The van der Waals surface area contributed by atoms with Gasteiger partial charge in [0.2, 0.25) is 0 Å². The topological polar surface area (TPSA) is 87.8 Å². The van der Waals surface area contributed by atoms with Crippen LogP contribution in [0, 0.1) is 17.0 Å². The summed E-state index contributed by atoms with van der Waals surface area (Å²) in [5.41, 5.74) is 2.26. The number of nitro benzene ring substituents is 1. The summed E-state index contributed by atoms with van der Waals surface area (Å²) in [6.45, 7) is 2.46. The van der Waals surface area contributed by atoms with Crippen LogP contribution in [0.4, 0.5) is 5.69 Å². The lowest BCUT2D eigenvalue weighted by Gasteiger charge is -2.09. The first kappa shape index (κ1) is 16.5. The van der Waals surface area contributed by atoms with E-state index < -0.39 is 4.92 Å². The molecule has 0 atom stereocenters. The number of benzene rings is 2. The highest BCUT2D eigenvalue weighted by Gasteiger charge is 2.05. The number of aryl methyl sites for hydroxylation is 1. The van der Waals surface area contributed by atoms with E-state index in [1.165, 1.54) is 24.4 Å². The third-order valence-corrected chi connectivity index (χ3v) is 3.38. The Morgan fingerprint density at radius 2 is 2.04 bits per heavy atom. The second-order valence-corrected chi connectivity index (χ2v) is 5.08. The Morgan fingerprint density at radius 1 is 1.26 bits per heavy atom. The van der Waals surface area contributed by atoms with Crippen LogP contribution in [0.25, 0.3) is 0 Å². The van der Waals surface area contributed by atoms with Crippen molar-refractivity contribution in [3.05, 3.63) is 63.2 Å². The highest BCUT2D eigenvalue weighted by molar-refractivity contribution is 5.84. The lowest BCUT2D eigenvalue weighted by molar-refractivity contribution is -0.385. The molecule has 0 N–H and O–H groups in total. The maximum atomic E-state index is 11.7. The summed E-state index contributed by atoms with van der Waals surface area (Å²) in [5, 5.41) is 22.4. The zero-order valence-corrected chi connectivity index (χ0v) is 13.0. The molecule has 0 bridgehead atoms. The molecule has 120 valence electrons. The minimum atomic E-state index is -0.533. The lowest BCUT2D eigenvalue weighted by Crippen LogP contribution is -1.99. The van der Waals surface area contributed by atoms with E-state index >= 15 is 0 Å². The Labute approximate surface area is 134 Å². The molecule has 0 aliphatic heterocycles. The fourth-order valence-corrected chi connectivity index (χ4v) is 2.20. The molecule has 0 fully saturated rings. The van der Waals surface area contributed by atoms with Gasteiger partial charge in [-0.25, -0.2) is 0 Å². The van der Waals surface area contributed by atoms with E-state index in [1.54, 1.807) is 7.11 Å². The van der Waals surface area contributed by atoms with Gasteiger partial charge in [-0.15, -0.1) is 0 Å². The van der Waals surface area contributed by atoms with Gasteiger partial charge in [0.15, 0.2) is 0 Å². The number of aliphatic imine (C=N–C) groups is 1. The summed E-state index contributed by atoms with van der Waals surface area (Å²) >= 11 is 0. The van der Waals surface area contributed by atoms with Crippen LogP contribution in [0.15, 0.2) is 41.4 Å². The van der Waals surface area contributed by atoms with Gasteiger partial charge >= 0.3 is 0 Å². The molecule has 0 heterocycles. The van der Waals surface area contributed by atoms with Gasteiger partial charge < -0.3 is 9.84 Å². The van der Waals surface area contributed by atoms with Crippen LogP contribution in [0.5, 0.6) is 11.5 Å². The molecule has 0 saturated carbocycles. The number of rotatable bonds is 6. The van der Waals surface area contributed by atoms with E-state index in [9.17, 15) is 15.2 Å². The normalized spacial score (nSPS) is 10.9. The Morgan fingerprint density at radius 3 is 2.74 bits per heavy atom. The van der Waals surface area contributed by atoms with E-state index in [0.717, 1.165) is 16.9 Å². The number of nitro groups is 1. The molecule has 0 aliphatic carbocycles. The molecular formula is C17H17N2O4-. The van der Waals surface area contributed by atoms with Crippen molar-refractivity contribution in [2.24, 2.45) is 4.99 Å². The number of ether oxygens (including phenoxy) is 1. The number of methoxy groups -OCH3 is 1. The minimum Gasteiger partial charge on any atom is -0.872 e. The van der Waals surface area contributed by atoms with E-state index in [-0.39, 0.29) is 17.0 Å². The van der Waals surface area contributed by atoms with Gasteiger partial charge in [-0.05, 0) is 30.5 Å². The van der Waals surface area contributed by atoms with Gasteiger partial charge in [0.1, 0.15) is 5.75 Å². The molecule has 2 rings (SSSR count). The molecule has 0 aromatic heterocycles. The molecule has 0 spiro atoms. The van der Waals surface area contributed by atoms with Crippen LogP contribution in [0.2, 0.25) is 0 Å². The van der Waals surface area contributed by atoms with Gasteiger partial charge in [0.05, 0.1) is 12.0 Å². The number of hydrogen-bond donors (Lipinski definition) is 0. The Bertz CT molecular complexity index is 741. The van der Waals surface area contributed by atoms with Crippen molar-refractivity contribution < 1.29 is 14.8 Å². The number of non-ortho nitro benzene ring substituents is 1. The highest BCUT2D eigenvalue weighted by Crippen LogP contribution is 2.21. The first-order valence-electron chi connectivity index (χ1n) is 7.10. The molecule has 2 aromatic carbocycles. The zero-order chi connectivity index (χ0) is 16.8. The van der Waals surface area contributed by atoms with Gasteiger partial charge in [-0.1, -0.05) is 29.5 Å². The quantitative estimate of drug-likeness (QED) is 0.466. The van der Waals surface area contributed by atoms with Crippen LogP contribution in [-0.4, -0.2) is 24.8 Å². The predicted molar refractivity (Wildman–Crippen MR) is 86.4 cm³/mol. The average Bonchev–Trinajstić information content (AvgIpc) is 2.53. The van der Waals surface area contributed by atoms with Crippen molar-refractivity contribution in [2.45, 2.75) is 13.3 Å². The van der Waals surface area contributed by atoms with Gasteiger partial charge in [0.25, 0.3) is 5.69 Å². The molecular weight excluding hydrogens is 296 g/mol. The van der Waals surface area contributed by atoms with Crippen LogP contribution >= 0.6 is 0 Å². The maximum Gasteiger partial charge on any atom is 0.270 e. The summed E-state index contributed by atoms with van der Waals surface area (Å²) in [6.07, 6.45) is 2.04. The monoisotopic (exact) mass is 313 g/mol. The molecule has 2 aromatic rings. The zero-order valence-electron chi connectivity index (χ0n) is 13.0. The van der Waals surface area contributed by atoms with E-state index in [2.05, 4.69) is 4.99 Å². The smallest absolute Gasteiger partial charge is 0.270 e. The van der Waals surface area contributed by atoms with Crippen LogP contribution in [0.1, 0.15) is 16.7 Å². The summed E-state index contributed by atoms with van der Waals surface area (Å²) in [7, 11) is 1.62. The maximum absolute atomic E-state index is 11.7. The van der Waals surface area contributed by atoms with Crippen LogP contribution < -0.4 is 9.84 Å². The minimum absolute atomic E-state index is 0.119. The molecule has 6 heteroatoms. The molecule has 0 unspecified atom stereocenters. The lowest BCUT2D eigenvalue weighted by atomic mass is 10.1. The SMILES string of the molecule is COc1ccc(C)cc1CCN=Cc1cc([N+](=O)[O-])ccc1[O-]. The van der Waals surface area contributed by atoms with E-state index in [1.807, 2.05) is 25.1 Å². The standard InChI is InChI=1S/C17H18N2O4/c1-12-3-6-17(23-2)13(9-12)7-8-18-11-14-10-15(19(21)22)4-5-16(14)20/h3-6,9-11,20H,7-8H2,1-2H3/p-1. The first-order chi connectivity index (χ1) is 11.0. The van der Waals surface area contributed by atoms with Gasteiger partial charge in [-0.2, -0.15) is 0 Å². The second kappa shape index (κ2) is 7.40. The van der Waals surface area contributed by atoms with Crippen LogP contribution in [-0.2, 0) is 6.42 Å². The molecule has 0 radical (unpaired) electrons. The van der Waals surface area contributed by atoms with Crippen molar-refractivity contribution in [3.8, 4) is 11.5 Å². The van der Waals surface area contributed by atoms with E-state index in [4.69, 9.17) is 4.74 Å². The van der Waals surface area contributed by atoms with E-state index in [0.29, 0.717) is 13.0 Å². The summed E-state index contributed by atoms with van der Waals surface area (Å²) < 4.78 is 5.30. The molecule has 6 nitrogen and oxygen atoms in total. The van der Waals surface area contributed by atoms with Crippen molar-refractivity contribution in [1.29, 1.82) is 0 Å². The first-order valence-corrected chi connectivity index (χ1v) is 7.10. The van der Waals surface area contributed by atoms with Crippen molar-refractivity contribution in [3.63, 3.8) is 0 Å². The van der Waals surface area contributed by atoms with Crippen molar-refractivity contribution >= 4 is 11.9 Å². The molecule has 0 aliphatic rings. The third kappa shape index (κ3) is 4.29.